The summed E-state index contributed by atoms with van der Waals surface area (Å²) in [6.45, 7) is 9.65. The van der Waals surface area contributed by atoms with Crippen molar-refractivity contribution in [2.75, 3.05) is 20.2 Å². The first-order valence-electron chi connectivity index (χ1n) is 10.6. The SMILES string of the molecule is C=CN=NC(=C)N(C)CC(COC1CCC(c2cccc(F)c2)CC1)C(C)NS(O)(O)F. The molecular formula is C22H34F2N4O3S. The van der Waals surface area contributed by atoms with Crippen LogP contribution in [-0.4, -0.2) is 46.4 Å². The van der Waals surface area contributed by atoms with Crippen molar-refractivity contribution < 1.29 is 22.1 Å². The van der Waals surface area contributed by atoms with Crippen LogP contribution in [0.1, 0.15) is 44.1 Å². The van der Waals surface area contributed by atoms with E-state index in [1.54, 1.807) is 31.0 Å². The van der Waals surface area contributed by atoms with E-state index in [0.717, 1.165) is 31.2 Å². The summed E-state index contributed by atoms with van der Waals surface area (Å²) in [4.78, 5) is 1.74. The summed E-state index contributed by atoms with van der Waals surface area (Å²) in [5.74, 6) is 0.205. The lowest BCUT2D eigenvalue weighted by atomic mass is 9.82. The molecule has 1 aliphatic rings. The van der Waals surface area contributed by atoms with Crippen molar-refractivity contribution in [3.63, 3.8) is 0 Å². The molecule has 0 bridgehead atoms. The molecule has 0 heterocycles. The zero-order valence-electron chi connectivity index (χ0n) is 18.7. The van der Waals surface area contributed by atoms with E-state index in [4.69, 9.17) is 4.74 Å². The summed E-state index contributed by atoms with van der Waals surface area (Å²) >= 11 is -4.36. The minimum atomic E-state index is -4.36. The van der Waals surface area contributed by atoms with Crippen molar-refractivity contribution in [2.24, 2.45) is 16.1 Å². The molecule has 1 fully saturated rings. The quantitative estimate of drug-likeness (QED) is 0.324. The normalized spacial score (nSPS) is 21.8. The van der Waals surface area contributed by atoms with Gasteiger partial charge in [0.05, 0.1) is 12.7 Å². The Bertz CT molecular complexity index is 783. The molecule has 180 valence electrons. The number of rotatable bonds is 12. The lowest BCUT2D eigenvalue weighted by Crippen LogP contribution is -2.42. The summed E-state index contributed by atoms with van der Waals surface area (Å²) in [7, 11) is 1.77. The fourth-order valence-electron chi connectivity index (χ4n) is 3.91. The van der Waals surface area contributed by atoms with Gasteiger partial charge in [-0.25, -0.2) is 4.39 Å². The van der Waals surface area contributed by atoms with E-state index in [2.05, 4.69) is 28.1 Å². The number of halogens is 2. The minimum absolute atomic E-state index is 0.0363. The standard InChI is InChI=1S/C22H34F2N4O3S/c1-5-25-26-17(3)28(4)14-20(16(2)27-32(24,29)30)15-31-22-11-9-18(10-12-22)19-7-6-8-21(23)13-19/h5-8,13,16,18,20,22,27,29-30H,1,3,9-12,14-15H2,2,4H3. The molecule has 2 rings (SSSR count). The molecule has 3 N–H and O–H groups in total. The van der Waals surface area contributed by atoms with Crippen LogP contribution in [0.3, 0.4) is 0 Å². The molecule has 0 saturated heterocycles. The zero-order chi connectivity index (χ0) is 23.7. The van der Waals surface area contributed by atoms with Gasteiger partial charge in [0.25, 0.3) is 0 Å². The van der Waals surface area contributed by atoms with Crippen molar-refractivity contribution >= 4 is 11.2 Å². The topological polar surface area (TPSA) is 89.7 Å². The second-order valence-corrected chi connectivity index (χ2v) is 9.40. The fourth-order valence-corrected chi connectivity index (χ4v) is 4.58. The van der Waals surface area contributed by atoms with Crippen molar-refractivity contribution in [3.8, 4) is 0 Å². The number of hydrogen-bond acceptors (Lipinski definition) is 7. The van der Waals surface area contributed by atoms with E-state index in [1.807, 2.05) is 6.07 Å². The van der Waals surface area contributed by atoms with Crippen LogP contribution in [0.2, 0.25) is 0 Å². The highest BCUT2D eigenvalue weighted by molar-refractivity contribution is 8.18. The maximum atomic E-state index is 13.5. The maximum Gasteiger partial charge on any atom is 0.143 e. The second kappa shape index (κ2) is 12.4. The van der Waals surface area contributed by atoms with Gasteiger partial charge >= 0.3 is 0 Å². The number of nitrogens with one attached hydrogen (secondary N) is 1. The van der Waals surface area contributed by atoms with Gasteiger partial charge in [0.15, 0.2) is 0 Å². The van der Waals surface area contributed by atoms with Crippen LogP contribution in [0.15, 0.2) is 59.7 Å². The maximum absolute atomic E-state index is 13.5. The molecule has 2 atom stereocenters. The first-order chi connectivity index (χ1) is 15.1. The summed E-state index contributed by atoms with van der Waals surface area (Å²) < 4.78 is 53.7. The summed E-state index contributed by atoms with van der Waals surface area (Å²) in [5.41, 5.74) is 1.01. The molecule has 0 aromatic heterocycles. The minimum Gasteiger partial charge on any atom is -0.378 e. The largest absolute Gasteiger partial charge is 0.378 e. The molecule has 0 aliphatic heterocycles. The van der Waals surface area contributed by atoms with E-state index >= 15 is 0 Å². The van der Waals surface area contributed by atoms with Crippen molar-refractivity contribution in [1.29, 1.82) is 0 Å². The monoisotopic (exact) mass is 472 g/mol. The van der Waals surface area contributed by atoms with Crippen LogP contribution in [0.25, 0.3) is 0 Å². The average molecular weight is 473 g/mol. The van der Waals surface area contributed by atoms with Crippen molar-refractivity contribution in [1.82, 2.24) is 9.62 Å². The Kier molecular flexibility index (Phi) is 10.2. The van der Waals surface area contributed by atoms with Gasteiger partial charge in [-0.3, -0.25) is 9.11 Å². The summed E-state index contributed by atoms with van der Waals surface area (Å²) in [5, 5.41) is 7.61. The smallest absolute Gasteiger partial charge is 0.143 e. The van der Waals surface area contributed by atoms with Crippen LogP contribution in [-0.2, 0) is 4.74 Å². The van der Waals surface area contributed by atoms with Gasteiger partial charge in [0, 0.05) is 42.9 Å². The van der Waals surface area contributed by atoms with E-state index in [9.17, 15) is 17.4 Å². The Morgan fingerprint density at radius 3 is 2.66 bits per heavy atom. The zero-order valence-corrected chi connectivity index (χ0v) is 19.5. The molecule has 0 radical (unpaired) electrons. The second-order valence-electron chi connectivity index (χ2n) is 8.20. The molecule has 1 aliphatic carbocycles. The molecule has 32 heavy (non-hydrogen) atoms. The van der Waals surface area contributed by atoms with E-state index in [1.165, 1.54) is 12.3 Å². The molecule has 10 heteroatoms. The van der Waals surface area contributed by atoms with E-state index < -0.39 is 17.2 Å². The van der Waals surface area contributed by atoms with Gasteiger partial charge in [0.1, 0.15) is 11.6 Å². The van der Waals surface area contributed by atoms with Crippen LogP contribution in [0, 0.1) is 11.7 Å². The number of azo groups is 1. The third-order valence-corrected chi connectivity index (χ3v) is 6.46. The predicted octanol–water partition coefficient (Wildman–Crippen LogP) is 6.01. The lowest BCUT2D eigenvalue weighted by Gasteiger charge is -2.35. The van der Waals surface area contributed by atoms with Gasteiger partial charge in [-0.05, 0) is 56.2 Å². The Morgan fingerprint density at radius 2 is 2.06 bits per heavy atom. The number of benzene rings is 1. The Hall–Kier alpha value is -1.85. The van der Waals surface area contributed by atoms with Gasteiger partial charge < -0.3 is 9.64 Å². The molecule has 0 amide bonds. The third-order valence-electron chi connectivity index (χ3n) is 5.79. The van der Waals surface area contributed by atoms with Gasteiger partial charge in [-0.15, -0.1) is 5.11 Å². The van der Waals surface area contributed by atoms with E-state index in [-0.39, 0.29) is 24.4 Å². The first-order valence-corrected chi connectivity index (χ1v) is 12.1. The Labute approximate surface area is 191 Å². The predicted molar refractivity (Wildman–Crippen MR) is 124 cm³/mol. The number of nitrogens with zero attached hydrogens (tertiary/aromatic N) is 3. The van der Waals surface area contributed by atoms with Gasteiger partial charge in [-0.2, -0.15) is 9.84 Å². The van der Waals surface area contributed by atoms with Gasteiger partial charge in [-0.1, -0.05) is 29.2 Å². The van der Waals surface area contributed by atoms with Crippen LogP contribution in [0.5, 0.6) is 0 Å². The van der Waals surface area contributed by atoms with E-state index in [0.29, 0.717) is 18.3 Å². The number of hydrogen-bond donors (Lipinski definition) is 3. The van der Waals surface area contributed by atoms with Crippen LogP contribution < -0.4 is 4.72 Å². The molecule has 1 saturated carbocycles. The van der Waals surface area contributed by atoms with Crippen LogP contribution in [0.4, 0.5) is 8.28 Å². The molecule has 1 aromatic rings. The summed E-state index contributed by atoms with van der Waals surface area (Å²) in [6.07, 6.45) is 4.80. The molecule has 2 unspecified atom stereocenters. The highest BCUT2D eigenvalue weighted by atomic mass is 32.3. The Morgan fingerprint density at radius 1 is 1.38 bits per heavy atom. The van der Waals surface area contributed by atoms with Gasteiger partial charge in [0.2, 0.25) is 0 Å². The Balaban J connectivity index is 1.93. The summed E-state index contributed by atoms with van der Waals surface area (Å²) in [6, 6.07) is 6.16. The van der Waals surface area contributed by atoms with Crippen molar-refractivity contribution in [2.45, 2.75) is 50.7 Å². The first kappa shape index (κ1) is 26.4. The fraction of sp³-hybridized carbons (Fsp3) is 0.545. The highest BCUT2D eigenvalue weighted by Gasteiger charge is 2.28. The van der Waals surface area contributed by atoms with Crippen molar-refractivity contribution in [3.05, 3.63) is 60.8 Å². The third kappa shape index (κ3) is 8.95. The lowest BCUT2D eigenvalue weighted by molar-refractivity contribution is -0.00406. The molecule has 1 aromatic carbocycles. The molecule has 0 spiro atoms. The molecular weight excluding hydrogens is 438 g/mol. The molecule has 7 nitrogen and oxygen atoms in total. The highest BCUT2D eigenvalue weighted by Crippen LogP contribution is 2.37. The van der Waals surface area contributed by atoms with Crippen LogP contribution >= 0.6 is 11.2 Å². The average Bonchev–Trinajstić information content (AvgIpc) is 2.73. The number of ether oxygens (including phenoxy) is 1.